The third kappa shape index (κ3) is 3.96. The summed E-state index contributed by atoms with van der Waals surface area (Å²) in [6, 6.07) is 5.41. The molecule has 0 fully saturated rings. The van der Waals surface area contributed by atoms with E-state index in [-0.39, 0.29) is 16.3 Å². The summed E-state index contributed by atoms with van der Waals surface area (Å²) in [6.45, 7) is 0. The van der Waals surface area contributed by atoms with Gasteiger partial charge in [0, 0.05) is 11.9 Å². The molecule has 0 spiro atoms. The maximum atomic E-state index is 12.0. The van der Waals surface area contributed by atoms with Crippen molar-refractivity contribution < 1.29 is 13.3 Å². The normalized spacial score (nSPS) is 11.4. The third-order valence-corrected chi connectivity index (χ3v) is 4.55. The number of unbranched alkanes of at least 4 members (excludes halogenated alkanes) is 2. The van der Waals surface area contributed by atoms with Crippen LogP contribution in [-0.2, 0) is 9.84 Å². The van der Waals surface area contributed by atoms with E-state index >= 15 is 0 Å². The van der Waals surface area contributed by atoms with Crippen LogP contribution >= 0.6 is 11.6 Å². The van der Waals surface area contributed by atoms with Gasteiger partial charge in [-0.3, -0.25) is 10.1 Å². The molecule has 1 aromatic rings. The maximum Gasteiger partial charge on any atom is 0.287 e. The Morgan fingerprint density at radius 3 is 2.44 bits per heavy atom. The number of nitro benzene ring substituents is 1. The molecule has 0 amide bonds. The van der Waals surface area contributed by atoms with E-state index in [9.17, 15) is 18.5 Å². The number of para-hydroxylation sites is 1. The average molecular weight is 292 g/mol. The number of alkyl halides is 1. The van der Waals surface area contributed by atoms with Crippen LogP contribution < -0.4 is 0 Å². The summed E-state index contributed by atoms with van der Waals surface area (Å²) in [6.07, 6.45) is 1.90. The van der Waals surface area contributed by atoms with Crippen molar-refractivity contribution in [3.63, 3.8) is 0 Å². The summed E-state index contributed by atoms with van der Waals surface area (Å²) in [5, 5.41) is 10.8. The first-order valence-electron chi connectivity index (χ1n) is 5.51. The summed E-state index contributed by atoms with van der Waals surface area (Å²) in [5.74, 6) is 0.403. The Kier molecular flexibility index (Phi) is 5.55. The topological polar surface area (TPSA) is 77.3 Å². The van der Waals surface area contributed by atoms with Gasteiger partial charge in [-0.1, -0.05) is 18.6 Å². The monoisotopic (exact) mass is 291 g/mol. The summed E-state index contributed by atoms with van der Waals surface area (Å²) in [4.78, 5) is 9.89. The molecule has 0 aromatic heterocycles. The zero-order valence-corrected chi connectivity index (χ0v) is 11.3. The lowest BCUT2D eigenvalue weighted by Crippen LogP contribution is -2.09. The SMILES string of the molecule is O=[N+]([O-])c1ccccc1S(=O)(=O)CCCCCCl. The Morgan fingerprint density at radius 2 is 1.83 bits per heavy atom. The highest BCUT2D eigenvalue weighted by atomic mass is 35.5. The van der Waals surface area contributed by atoms with Gasteiger partial charge in [0.15, 0.2) is 9.84 Å². The Balaban J connectivity index is 2.88. The van der Waals surface area contributed by atoms with Crippen molar-refractivity contribution in [2.24, 2.45) is 0 Å². The minimum Gasteiger partial charge on any atom is -0.258 e. The molecule has 0 saturated carbocycles. The zero-order valence-electron chi connectivity index (χ0n) is 9.71. The fourth-order valence-electron chi connectivity index (χ4n) is 1.54. The predicted molar refractivity (Wildman–Crippen MR) is 69.7 cm³/mol. The minimum absolute atomic E-state index is 0.0885. The average Bonchev–Trinajstić information content (AvgIpc) is 2.35. The number of sulfone groups is 1. The van der Waals surface area contributed by atoms with Gasteiger partial charge in [-0.25, -0.2) is 8.42 Å². The Morgan fingerprint density at radius 1 is 1.17 bits per heavy atom. The van der Waals surface area contributed by atoms with E-state index < -0.39 is 14.8 Å². The summed E-state index contributed by atoms with van der Waals surface area (Å²) < 4.78 is 24.0. The molecule has 1 rings (SSSR count). The van der Waals surface area contributed by atoms with Crippen LogP contribution in [0.5, 0.6) is 0 Å². The van der Waals surface area contributed by atoms with Gasteiger partial charge < -0.3 is 0 Å². The van der Waals surface area contributed by atoms with Crippen LogP contribution in [0.4, 0.5) is 5.69 Å². The molecule has 0 atom stereocenters. The van der Waals surface area contributed by atoms with Gasteiger partial charge in [0.2, 0.25) is 0 Å². The highest BCUT2D eigenvalue weighted by molar-refractivity contribution is 7.91. The van der Waals surface area contributed by atoms with Crippen LogP contribution in [0.3, 0.4) is 0 Å². The molecule has 0 saturated heterocycles. The first kappa shape index (κ1) is 14.9. The molecule has 1 aromatic carbocycles. The third-order valence-electron chi connectivity index (χ3n) is 2.44. The highest BCUT2D eigenvalue weighted by Crippen LogP contribution is 2.24. The molecular weight excluding hydrogens is 278 g/mol. The van der Waals surface area contributed by atoms with Crippen LogP contribution in [0.15, 0.2) is 29.2 Å². The molecule has 0 N–H and O–H groups in total. The van der Waals surface area contributed by atoms with E-state index in [0.29, 0.717) is 18.7 Å². The number of nitro groups is 1. The Hall–Kier alpha value is -1.14. The highest BCUT2D eigenvalue weighted by Gasteiger charge is 2.24. The van der Waals surface area contributed by atoms with E-state index in [4.69, 9.17) is 11.6 Å². The lowest BCUT2D eigenvalue weighted by Gasteiger charge is -2.04. The molecule has 0 heterocycles. The van der Waals surface area contributed by atoms with Crippen molar-refractivity contribution in [1.82, 2.24) is 0 Å². The van der Waals surface area contributed by atoms with Gasteiger partial charge in [-0.05, 0) is 18.9 Å². The standard InChI is InChI=1S/C11H14ClNO4S/c12-8-4-1-5-9-18(16,17)11-7-3-2-6-10(11)13(14)15/h2-3,6-7H,1,4-5,8-9H2. The number of benzene rings is 1. The van der Waals surface area contributed by atoms with E-state index in [1.54, 1.807) is 0 Å². The van der Waals surface area contributed by atoms with Crippen LogP contribution in [0.2, 0.25) is 0 Å². The second kappa shape index (κ2) is 6.70. The minimum atomic E-state index is -3.60. The van der Waals surface area contributed by atoms with Crippen molar-refractivity contribution in [3.05, 3.63) is 34.4 Å². The molecular formula is C11H14ClNO4S. The first-order valence-corrected chi connectivity index (χ1v) is 7.70. The maximum absolute atomic E-state index is 12.0. The quantitative estimate of drug-likeness (QED) is 0.335. The molecule has 0 bridgehead atoms. The summed E-state index contributed by atoms with van der Waals surface area (Å²) >= 11 is 5.50. The van der Waals surface area contributed by atoms with E-state index in [0.717, 1.165) is 6.42 Å². The van der Waals surface area contributed by atoms with E-state index in [1.165, 1.54) is 24.3 Å². The molecule has 100 valence electrons. The van der Waals surface area contributed by atoms with Crippen molar-refractivity contribution >= 4 is 27.1 Å². The van der Waals surface area contributed by atoms with Gasteiger partial charge in [0.25, 0.3) is 5.69 Å². The summed E-state index contributed by atoms with van der Waals surface area (Å²) in [7, 11) is -3.60. The van der Waals surface area contributed by atoms with Crippen LogP contribution in [0.1, 0.15) is 19.3 Å². The van der Waals surface area contributed by atoms with E-state index in [1.807, 2.05) is 0 Å². The Bertz CT molecular complexity index is 516. The molecule has 0 unspecified atom stereocenters. The summed E-state index contributed by atoms with van der Waals surface area (Å²) in [5.41, 5.74) is -0.366. The molecule has 7 heteroatoms. The van der Waals surface area contributed by atoms with Crippen molar-refractivity contribution in [1.29, 1.82) is 0 Å². The lowest BCUT2D eigenvalue weighted by molar-refractivity contribution is -0.387. The van der Waals surface area contributed by atoms with Crippen LogP contribution in [0.25, 0.3) is 0 Å². The largest absolute Gasteiger partial charge is 0.287 e. The molecule has 0 radical (unpaired) electrons. The second-order valence-corrected chi connectivity index (χ2v) is 6.25. The number of rotatable bonds is 7. The van der Waals surface area contributed by atoms with Gasteiger partial charge >= 0.3 is 0 Å². The molecule has 5 nitrogen and oxygen atoms in total. The number of halogens is 1. The van der Waals surface area contributed by atoms with Gasteiger partial charge in [-0.15, -0.1) is 11.6 Å². The number of hydrogen-bond donors (Lipinski definition) is 0. The van der Waals surface area contributed by atoms with Crippen molar-refractivity contribution in [3.8, 4) is 0 Å². The van der Waals surface area contributed by atoms with Crippen LogP contribution in [0, 0.1) is 10.1 Å². The fraction of sp³-hybridized carbons (Fsp3) is 0.455. The van der Waals surface area contributed by atoms with Crippen molar-refractivity contribution in [2.75, 3.05) is 11.6 Å². The Labute approximate surface area is 111 Å². The zero-order chi connectivity index (χ0) is 13.6. The van der Waals surface area contributed by atoms with Crippen LogP contribution in [-0.4, -0.2) is 25.0 Å². The van der Waals surface area contributed by atoms with E-state index in [2.05, 4.69) is 0 Å². The lowest BCUT2D eigenvalue weighted by atomic mass is 10.3. The van der Waals surface area contributed by atoms with Crippen molar-refractivity contribution in [2.45, 2.75) is 24.2 Å². The predicted octanol–water partition coefficient (Wildman–Crippen LogP) is 2.78. The van der Waals surface area contributed by atoms with Gasteiger partial charge in [-0.2, -0.15) is 0 Å². The molecule has 18 heavy (non-hydrogen) atoms. The molecule has 0 aliphatic carbocycles. The number of nitrogens with zero attached hydrogens (tertiary/aromatic N) is 1. The molecule has 0 aliphatic heterocycles. The molecule has 0 aliphatic rings. The second-order valence-electron chi connectivity index (χ2n) is 3.79. The van der Waals surface area contributed by atoms with Gasteiger partial charge in [0.1, 0.15) is 4.90 Å². The first-order chi connectivity index (χ1) is 8.49. The smallest absolute Gasteiger partial charge is 0.258 e. The van der Waals surface area contributed by atoms with Gasteiger partial charge in [0.05, 0.1) is 10.7 Å². The number of hydrogen-bond acceptors (Lipinski definition) is 4. The fourth-order valence-corrected chi connectivity index (χ4v) is 3.28.